The normalized spacial score (nSPS) is 14.2. The predicted octanol–water partition coefficient (Wildman–Crippen LogP) is 4.40. The van der Waals surface area contributed by atoms with Crippen molar-refractivity contribution in [1.29, 1.82) is 0 Å². The summed E-state index contributed by atoms with van der Waals surface area (Å²) in [6, 6.07) is 9.92. The van der Waals surface area contributed by atoms with Gasteiger partial charge in [-0.15, -0.1) is 12.4 Å². The predicted molar refractivity (Wildman–Crippen MR) is 113 cm³/mol. The molecular weight excluding hydrogens is 346 g/mol. The van der Waals surface area contributed by atoms with Crippen molar-refractivity contribution in [3.63, 3.8) is 0 Å². The van der Waals surface area contributed by atoms with Crippen LogP contribution in [0.3, 0.4) is 0 Å². The topological polar surface area (TPSA) is 58.4 Å². The summed E-state index contributed by atoms with van der Waals surface area (Å²) in [6.45, 7) is 8.99. The number of nitrogen functional groups attached to an aromatic ring is 1. The molecule has 1 unspecified atom stereocenters. The van der Waals surface area contributed by atoms with Gasteiger partial charge in [0.2, 0.25) is 5.91 Å². The van der Waals surface area contributed by atoms with E-state index in [1.807, 2.05) is 32.9 Å². The largest absolute Gasteiger partial charge is 0.398 e. The SMILES string of the molecule is Cc1cc(C)c(NC(=O)C(C)N2CCCc3c(N)cccc32)c(C)c1.Cl. The van der Waals surface area contributed by atoms with Gasteiger partial charge in [-0.05, 0) is 69.4 Å². The average Bonchev–Trinajstić information content (AvgIpc) is 2.57. The van der Waals surface area contributed by atoms with Gasteiger partial charge in [-0.3, -0.25) is 4.79 Å². The van der Waals surface area contributed by atoms with Gasteiger partial charge in [0.1, 0.15) is 6.04 Å². The lowest BCUT2D eigenvalue weighted by molar-refractivity contribution is -0.117. The van der Waals surface area contributed by atoms with Crippen LogP contribution in [0.1, 0.15) is 35.6 Å². The molecule has 0 radical (unpaired) electrons. The first-order chi connectivity index (χ1) is 11.9. The van der Waals surface area contributed by atoms with Gasteiger partial charge in [-0.1, -0.05) is 23.8 Å². The zero-order valence-electron chi connectivity index (χ0n) is 15.9. The quantitative estimate of drug-likeness (QED) is 0.784. The maximum absolute atomic E-state index is 12.9. The second kappa shape index (κ2) is 8.00. The van der Waals surface area contributed by atoms with Crippen LogP contribution in [-0.2, 0) is 11.2 Å². The summed E-state index contributed by atoms with van der Waals surface area (Å²) in [5, 5.41) is 3.14. The third-order valence-corrected chi connectivity index (χ3v) is 5.09. The molecule has 1 atom stereocenters. The molecule has 0 aromatic heterocycles. The average molecular weight is 374 g/mol. The number of nitrogens with zero attached hydrogens (tertiary/aromatic N) is 1. The number of nitrogens with two attached hydrogens (primary N) is 1. The second-order valence-electron chi connectivity index (χ2n) is 7.08. The first kappa shape index (κ1) is 20.1. The van der Waals surface area contributed by atoms with Crippen LogP contribution in [0.4, 0.5) is 17.1 Å². The Morgan fingerprint density at radius 3 is 2.50 bits per heavy atom. The second-order valence-corrected chi connectivity index (χ2v) is 7.08. The number of rotatable bonds is 3. The zero-order valence-corrected chi connectivity index (χ0v) is 16.7. The lowest BCUT2D eigenvalue weighted by Crippen LogP contribution is -2.45. The summed E-state index contributed by atoms with van der Waals surface area (Å²) >= 11 is 0. The van der Waals surface area contributed by atoms with Crippen LogP contribution >= 0.6 is 12.4 Å². The molecule has 2 aromatic rings. The highest BCUT2D eigenvalue weighted by Gasteiger charge is 2.27. The molecule has 0 saturated carbocycles. The third-order valence-electron chi connectivity index (χ3n) is 5.09. The number of anilines is 3. The number of nitrogens with one attached hydrogen (secondary N) is 1. The minimum absolute atomic E-state index is 0. The maximum atomic E-state index is 12.9. The van der Waals surface area contributed by atoms with E-state index in [0.29, 0.717) is 0 Å². The van der Waals surface area contributed by atoms with E-state index in [4.69, 9.17) is 5.73 Å². The summed E-state index contributed by atoms with van der Waals surface area (Å²) in [6.07, 6.45) is 1.99. The highest BCUT2D eigenvalue weighted by atomic mass is 35.5. The van der Waals surface area contributed by atoms with Crippen molar-refractivity contribution in [2.75, 3.05) is 22.5 Å². The van der Waals surface area contributed by atoms with Crippen LogP contribution in [0.2, 0.25) is 0 Å². The molecule has 3 rings (SSSR count). The van der Waals surface area contributed by atoms with Crippen molar-refractivity contribution in [3.05, 3.63) is 52.6 Å². The molecule has 3 N–H and O–H groups in total. The Kier molecular flexibility index (Phi) is 6.19. The first-order valence-electron chi connectivity index (χ1n) is 8.91. The Hall–Kier alpha value is -2.20. The fourth-order valence-corrected chi connectivity index (χ4v) is 3.83. The Morgan fingerprint density at radius 1 is 1.19 bits per heavy atom. The number of benzene rings is 2. The molecule has 1 aliphatic heterocycles. The van der Waals surface area contributed by atoms with Gasteiger partial charge in [0, 0.05) is 23.6 Å². The number of carbonyl (C=O) groups excluding carboxylic acids is 1. The minimum Gasteiger partial charge on any atom is -0.398 e. The van der Waals surface area contributed by atoms with Crippen LogP contribution in [0.15, 0.2) is 30.3 Å². The van der Waals surface area contributed by atoms with Crippen LogP contribution in [0.25, 0.3) is 0 Å². The number of hydrogen-bond donors (Lipinski definition) is 2. The fraction of sp³-hybridized carbons (Fsp3) is 0.381. The third kappa shape index (κ3) is 3.80. The Balaban J connectivity index is 0.00000243. The first-order valence-corrected chi connectivity index (χ1v) is 8.91. The van der Waals surface area contributed by atoms with Crippen molar-refractivity contribution >= 4 is 35.4 Å². The van der Waals surface area contributed by atoms with Crippen LogP contribution in [-0.4, -0.2) is 18.5 Å². The summed E-state index contributed by atoms with van der Waals surface area (Å²) in [7, 11) is 0. The van der Waals surface area contributed by atoms with Gasteiger partial charge in [0.05, 0.1) is 0 Å². The molecule has 4 nitrogen and oxygen atoms in total. The molecule has 2 aromatic carbocycles. The summed E-state index contributed by atoms with van der Waals surface area (Å²) in [5.74, 6) is 0.0188. The van der Waals surface area contributed by atoms with E-state index in [1.54, 1.807) is 0 Å². The number of amides is 1. The van der Waals surface area contributed by atoms with Gasteiger partial charge >= 0.3 is 0 Å². The molecular formula is C21H28ClN3O. The molecule has 0 saturated heterocycles. The molecule has 5 heteroatoms. The van der Waals surface area contributed by atoms with E-state index < -0.39 is 0 Å². The van der Waals surface area contributed by atoms with E-state index in [9.17, 15) is 4.79 Å². The number of hydrogen-bond acceptors (Lipinski definition) is 3. The van der Waals surface area contributed by atoms with Crippen molar-refractivity contribution in [3.8, 4) is 0 Å². The van der Waals surface area contributed by atoms with Gasteiger partial charge in [0.25, 0.3) is 0 Å². The monoisotopic (exact) mass is 373 g/mol. The van der Waals surface area contributed by atoms with Gasteiger partial charge in [-0.2, -0.15) is 0 Å². The minimum atomic E-state index is -0.249. The van der Waals surface area contributed by atoms with Crippen molar-refractivity contribution in [2.24, 2.45) is 0 Å². The molecule has 140 valence electrons. The molecule has 26 heavy (non-hydrogen) atoms. The highest BCUT2D eigenvalue weighted by Crippen LogP contribution is 2.33. The molecule has 1 heterocycles. The number of halogens is 1. The summed E-state index contributed by atoms with van der Waals surface area (Å²) in [4.78, 5) is 15.1. The Bertz CT molecular complexity index is 796. The Labute approximate surface area is 162 Å². The van der Waals surface area contributed by atoms with Crippen LogP contribution in [0.5, 0.6) is 0 Å². The lowest BCUT2D eigenvalue weighted by atomic mass is 9.98. The summed E-state index contributed by atoms with van der Waals surface area (Å²) in [5.41, 5.74) is 13.5. The van der Waals surface area contributed by atoms with E-state index in [1.165, 1.54) is 5.56 Å². The fourth-order valence-electron chi connectivity index (χ4n) is 3.83. The van der Waals surface area contributed by atoms with Gasteiger partial charge < -0.3 is 16.0 Å². The molecule has 1 amide bonds. The van der Waals surface area contributed by atoms with Crippen LogP contribution in [0, 0.1) is 20.8 Å². The smallest absolute Gasteiger partial charge is 0.246 e. The number of aryl methyl sites for hydroxylation is 3. The van der Waals surface area contributed by atoms with E-state index in [-0.39, 0.29) is 24.4 Å². The Morgan fingerprint density at radius 2 is 1.85 bits per heavy atom. The molecule has 0 bridgehead atoms. The molecule has 0 spiro atoms. The van der Waals surface area contributed by atoms with Gasteiger partial charge in [-0.25, -0.2) is 0 Å². The maximum Gasteiger partial charge on any atom is 0.246 e. The van der Waals surface area contributed by atoms with Crippen LogP contribution < -0.4 is 16.0 Å². The van der Waals surface area contributed by atoms with Crippen molar-refractivity contribution < 1.29 is 4.79 Å². The van der Waals surface area contributed by atoms with E-state index in [0.717, 1.165) is 53.1 Å². The summed E-state index contributed by atoms with van der Waals surface area (Å²) < 4.78 is 0. The number of carbonyl (C=O) groups is 1. The molecule has 0 aliphatic carbocycles. The standard InChI is InChI=1S/C21H27N3O.ClH/c1-13-11-14(2)20(15(3)12-13)23-21(25)16(4)24-10-6-7-17-18(22)8-5-9-19(17)24;/h5,8-9,11-12,16H,6-7,10,22H2,1-4H3,(H,23,25);1H. The van der Waals surface area contributed by atoms with Crippen molar-refractivity contribution in [2.45, 2.75) is 46.6 Å². The van der Waals surface area contributed by atoms with E-state index >= 15 is 0 Å². The lowest BCUT2D eigenvalue weighted by Gasteiger charge is -2.36. The molecule has 0 fully saturated rings. The molecule has 1 aliphatic rings. The number of fused-ring (bicyclic) bond motifs is 1. The van der Waals surface area contributed by atoms with E-state index in [2.05, 4.69) is 35.3 Å². The van der Waals surface area contributed by atoms with Crippen molar-refractivity contribution in [1.82, 2.24) is 0 Å². The van der Waals surface area contributed by atoms with Gasteiger partial charge in [0.15, 0.2) is 0 Å². The zero-order chi connectivity index (χ0) is 18.1. The highest BCUT2D eigenvalue weighted by molar-refractivity contribution is 5.98.